The Morgan fingerprint density at radius 2 is 2.00 bits per heavy atom. The number of hydrogen-bond donors (Lipinski definition) is 0. The summed E-state index contributed by atoms with van der Waals surface area (Å²) in [4.78, 5) is 28.1. The smallest absolute Gasteiger partial charge is 0.224 e. The number of likely N-dealkylation sites (tertiary alicyclic amines) is 1. The average molecular weight is 358 g/mol. The lowest BCUT2D eigenvalue weighted by atomic mass is 10.0. The molecule has 1 aromatic carbocycles. The van der Waals surface area contributed by atoms with Gasteiger partial charge in [0, 0.05) is 39.0 Å². The Balaban J connectivity index is 1.38. The number of benzene rings is 1. The lowest BCUT2D eigenvalue weighted by molar-refractivity contribution is -0.140. The molecule has 0 N–H and O–H groups in total. The maximum atomic E-state index is 12.5. The molecule has 1 atom stereocenters. The molecule has 5 heteroatoms. The van der Waals surface area contributed by atoms with Crippen LogP contribution in [0.25, 0.3) is 0 Å². The Labute approximate surface area is 156 Å². The zero-order valence-electron chi connectivity index (χ0n) is 15.6. The number of amides is 2. The van der Waals surface area contributed by atoms with Gasteiger partial charge >= 0.3 is 0 Å². The quantitative estimate of drug-likeness (QED) is 0.753. The van der Waals surface area contributed by atoms with Crippen LogP contribution in [0.3, 0.4) is 0 Å². The van der Waals surface area contributed by atoms with E-state index in [0.717, 1.165) is 38.6 Å². The summed E-state index contributed by atoms with van der Waals surface area (Å²) in [6.07, 6.45) is 6.33. The first-order valence-corrected chi connectivity index (χ1v) is 9.93. The second-order valence-electron chi connectivity index (χ2n) is 7.30. The van der Waals surface area contributed by atoms with Gasteiger partial charge in [-0.2, -0.15) is 0 Å². The maximum absolute atomic E-state index is 12.5. The van der Waals surface area contributed by atoms with Crippen molar-refractivity contribution in [2.24, 2.45) is 0 Å². The zero-order chi connectivity index (χ0) is 18.2. The van der Waals surface area contributed by atoms with E-state index in [1.165, 1.54) is 5.56 Å². The summed E-state index contributed by atoms with van der Waals surface area (Å²) in [7, 11) is 0. The van der Waals surface area contributed by atoms with Gasteiger partial charge in [0.05, 0.1) is 12.7 Å². The van der Waals surface area contributed by atoms with Gasteiger partial charge in [-0.05, 0) is 37.7 Å². The molecular formula is C21H30N2O3. The van der Waals surface area contributed by atoms with Crippen LogP contribution in [0, 0.1) is 0 Å². The number of carbonyl (C=O) groups is 2. The van der Waals surface area contributed by atoms with E-state index in [9.17, 15) is 9.59 Å². The molecule has 1 aromatic rings. The zero-order valence-corrected chi connectivity index (χ0v) is 15.6. The van der Waals surface area contributed by atoms with Crippen LogP contribution in [0.1, 0.15) is 44.1 Å². The van der Waals surface area contributed by atoms with Crippen molar-refractivity contribution in [3.63, 3.8) is 0 Å². The van der Waals surface area contributed by atoms with Crippen molar-refractivity contribution in [2.75, 3.05) is 32.8 Å². The monoisotopic (exact) mass is 358 g/mol. The van der Waals surface area contributed by atoms with E-state index in [1.54, 1.807) is 0 Å². The van der Waals surface area contributed by atoms with Crippen molar-refractivity contribution in [3.8, 4) is 0 Å². The summed E-state index contributed by atoms with van der Waals surface area (Å²) < 4.78 is 5.85. The highest BCUT2D eigenvalue weighted by atomic mass is 16.5. The second kappa shape index (κ2) is 9.72. The molecule has 2 amide bonds. The molecule has 0 aliphatic carbocycles. The van der Waals surface area contributed by atoms with Gasteiger partial charge in [0.2, 0.25) is 11.8 Å². The van der Waals surface area contributed by atoms with Gasteiger partial charge in [-0.1, -0.05) is 30.3 Å². The maximum Gasteiger partial charge on any atom is 0.224 e. The molecule has 142 valence electrons. The minimum Gasteiger partial charge on any atom is -0.375 e. The number of rotatable bonds is 7. The number of hydrogen-bond acceptors (Lipinski definition) is 3. The van der Waals surface area contributed by atoms with Gasteiger partial charge in [-0.3, -0.25) is 9.59 Å². The third-order valence-corrected chi connectivity index (χ3v) is 5.34. The predicted octanol–water partition coefficient (Wildman–Crippen LogP) is 2.64. The highest BCUT2D eigenvalue weighted by Crippen LogP contribution is 2.15. The normalized spacial score (nSPS) is 21.1. The van der Waals surface area contributed by atoms with Crippen molar-refractivity contribution in [2.45, 2.75) is 51.0 Å². The Kier molecular flexibility index (Phi) is 7.06. The molecule has 0 saturated carbocycles. The first-order valence-electron chi connectivity index (χ1n) is 9.93. The van der Waals surface area contributed by atoms with Crippen LogP contribution in [0.5, 0.6) is 0 Å². The number of aryl methyl sites for hydroxylation is 1. The topological polar surface area (TPSA) is 49.9 Å². The van der Waals surface area contributed by atoms with Crippen molar-refractivity contribution in [1.29, 1.82) is 0 Å². The van der Waals surface area contributed by atoms with Crippen LogP contribution in [0.4, 0.5) is 0 Å². The van der Waals surface area contributed by atoms with E-state index in [0.29, 0.717) is 39.1 Å². The number of piperidine rings is 1. The molecule has 2 fully saturated rings. The number of morpholine rings is 1. The summed E-state index contributed by atoms with van der Waals surface area (Å²) in [5.41, 5.74) is 1.35. The van der Waals surface area contributed by atoms with Crippen LogP contribution in [0.15, 0.2) is 30.3 Å². The van der Waals surface area contributed by atoms with E-state index in [4.69, 9.17) is 4.74 Å². The molecule has 2 aliphatic rings. The fourth-order valence-corrected chi connectivity index (χ4v) is 3.79. The molecule has 3 rings (SSSR count). The summed E-state index contributed by atoms with van der Waals surface area (Å²) in [5, 5.41) is 0. The third-order valence-electron chi connectivity index (χ3n) is 5.34. The van der Waals surface area contributed by atoms with E-state index in [-0.39, 0.29) is 17.9 Å². The van der Waals surface area contributed by atoms with Gasteiger partial charge in [-0.25, -0.2) is 0 Å². The van der Waals surface area contributed by atoms with Gasteiger partial charge in [0.1, 0.15) is 0 Å². The fraction of sp³-hybridized carbons (Fsp3) is 0.619. The first kappa shape index (κ1) is 18.9. The summed E-state index contributed by atoms with van der Waals surface area (Å²) >= 11 is 0. The van der Waals surface area contributed by atoms with Gasteiger partial charge in [0.15, 0.2) is 0 Å². The van der Waals surface area contributed by atoms with Gasteiger partial charge < -0.3 is 14.5 Å². The van der Waals surface area contributed by atoms with E-state index < -0.39 is 0 Å². The van der Waals surface area contributed by atoms with E-state index in [1.807, 2.05) is 15.9 Å². The van der Waals surface area contributed by atoms with Crippen LogP contribution in [-0.2, 0) is 20.7 Å². The van der Waals surface area contributed by atoms with Crippen LogP contribution in [-0.4, -0.2) is 60.5 Å². The molecule has 1 unspecified atom stereocenters. The van der Waals surface area contributed by atoms with Crippen molar-refractivity contribution < 1.29 is 14.3 Å². The third kappa shape index (κ3) is 5.56. The molecule has 0 spiro atoms. The number of ether oxygens (including phenoxy) is 1. The molecule has 2 saturated heterocycles. The SMILES string of the molecule is O=C1CCCCN1CCC(=O)N1CCOC(CCCc2ccccc2)C1. The van der Waals surface area contributed by atoms with E-state index in [2.05, 4.69) is 24.3 Å². The number of nitrogens with zero attached hydrogens (tertiary/aromatic N) is 2. The molecular weight excluding hydrogens is 328 g/mol. The average Bonchev–Trinajstić information content (AvgIpc) is 2.68. The fourth-order valence-electron chi connectivity index (χ4n) is 3.79. The Hall–Kier alpha value is -1.88. The Bertz CT molecular complexity index is 590. The molecule has 0 aromatic heterocycles. The molecule has 0 bridgehead atoms. The summed E-state index contributed by atoms with van der Waals surface area (Å²) in [5.74, 6) is 0.351. The van der Waals surface area contributed by atoms with Gasteiger partial charge in [0.25, 0.3) is 0 Å². The van der Waals surface area contributed by atoms with Crippen LogP contribution >= 0.6 is 0 Å². The molecule has 5 nitrogen and oxygen atoms in total. The van der Waals surface area contributed by atoms with Crippen molar-refractivity contribution in [3.05, 3.63) is 35.9 Å². The summed E-state index contributed by atoms with van der Waals surface area (Å²) in [6, 6.07) is 10.5. The minimum atomic E-state index is 0.132. The Morgan fingerprint density at radius 1 is 1.15 bits per heavy atom. The highest BCUT2D eigenvalue weighted by Gasteiger charge is 2.25. The van der Waals surface area contributed by atoms with Gasteiger partial charge in [-0.15, -0.1) is 0 Å². The lowest BCUT2D eigenvalue weighted by Crippen LogP contribution is -2.47. The Morgan fingerprint density at radius 3 is 2.81 bits per heavy atom. The molecule has 2 aliphatic heterocycles. The van der Waals surface area contributed by atoms with Crippen molar-refractivity contribution >= 4 is 11.8 Å². The first-order chi connectivity index (χ1) is 12.7. The second-order valence-corrected chi connectivity index (χ2v) is 7.30. The van der Waals surface area contributed by atoms with Crippen LogP contribution < -0.4 is 0 Å². The summed E-state index contributed by atoms with van der Waals surface area (Å²) in [6.45, 7) is 3.33. The largest absolute Gasteiger partial charge is 0.375 e. The van der Waals surface area contributed by atoms with Crippen molar-refractivity contribution in [1.82, 2.24) is 9.80 Å². The molecule has 2 heterocycles. The standard InChI is InChI=1S/C21H30N2O3/c24-20-11-4-5-13-22(20)14-12-21(25)23-15-16-26-19(17-23)10-6-9-18-7-2-1-3-8-18/h1-3,7-8,19H,4-6,9-17H2. The molecule has 0 radical (unpaired) electrons. The predicted molar refractivity (Wildman–Crippen MR) is 101 cm³/mol. The van der Waals surface area contributed by atoms with E-state index >= 15 is 0 Å². The highest BCUT2D eigenvalue weighted by molar-refractivity contribution is 5.79. The number of carbonyl (C=O) groups excluding carboxylic acids is 2. The van der Waals surface area contributed by atoms with Crippen LogP contribution in [0.2, 0.25) is 0 Å². The lowest BCUT2D eigenvalue weighted by Gasteiger charge is -2.34. The molecule has 26 heavy (non-hydrogen) atoms. The minimum absolute atomic E-state index is 0.132.